The van der Waals surface area contributed by atoms with E-state index in [1.54, 1.807) is 12.3 Å². The minimum absolute atomic E-state index is 0.196. The van der Waals surface area contributed by atoms with Crippen LogP contribution in [-0.2, 0) is 5.75 Å². The Hall–Kier alpha value is -2.69. The summed E-state index contributed by atoms with van der Waals surface area (Å²) in [5, 5.41) is 11.0. The van der Waals surface area contributed by atoms with Gasteiger partial charge in [-0.05, 0) is 30.3 Å². The molecule has 5 aromatic rings. The summed E-state index contributed by atoms with van der Waals surface area (Å²) >= 11 is 6.15. The van der Waals surface area contributed by atoms with E-state index in [2.05, 4.69) is 36.1 Å². The molecule has 1 N–H and O–H groups in total. The summed E-state index contributed by atoms with van der Waals surface area (Å²) in [7, 11) is 0. The molecule has 0 amide bonds. The van der Waals surface area contributed by atoms with Crippen molar-refractivity contribution in [2.24, 2.45) is 0 Å². The predicted molar refractivity (Wildman–Crippen MR) is 115 cm³/mol. The number of hydrogen-bond donors (Lipinski definition) is 1. The molecule has 0 saturated heterocycles. The van der Waals surface area contributed by atoms with Crippen molar-refractivity contribution in [1.82, 2.24) is 20.2 Å². The Labute approximate surface area is 180 Å². The molecule has 144 valence electrons. The van der Waals surface area contributed by atoms with E-state index in [0.717, 1.165) is 15.6 Å². The highest BCUT2D eigenvalue weighted by atomic mass is 79.9. The molecule has 0 aliphatic rings. The molecule has 0 saturated carbocycles. The van der Waals surface area contributed by atoms with Crippen LogP contribution in [0.25, 0.3) is 33.0 Å². The third kappa shape index (κ3) is 3.66. The molecule has 1 aromatic carbocycles. The molecule has 10 heteroatoms. The SMILES string of the molecule is O=c1[nH]c(CSc2nnc(-c3cccc(Br)c3)o2)nc2scc(-c3ccco3)c12. The number of furan rings is 1. The molecule has 7 nitrogen and oxygen atoms in total. The summed E-state index contributed by atoms with van der Waals surface area (Å²) in [6, 6.07) is 11.2. The zero-order chi connectivity index (χ0) is 19.8. The molecule has 0 spiro atoms. The largest absolute Gasteiger partial charge is 0.464 e. The van der Waals surface area contributed by atoms with E-state index in [0.29, 0.717) is 38.7 Å². The van der Waals surface area contributed by atoms with E-state index in [4.69, 9.17) is 8.83 Å². The van der Waals surface area contributed by atoms with E-state index < -0.39 is 0 Å². The van der Waals surface area contributed by atoms with Crippen molar-refractivity contribution in [3.63, 3.8) is 0 Å². The highest BCUT2D eigenvalue weighted by molar-refractivity contribution is 9.10. The second kappa shape index (κ2) is 7.62. The average Bonchev–Trinajstić information content (AvgIpc) is 3.46. The van der Waals surface area contributed by atoms with E-state index >= 15 is 0 Å². The maximum Gasteiger partial charge on any atom is 0.277 e. The highest BCUT2D eigenvalue weighted by Crippen LogP contribution is 2.32. The molecule has 0 unspecified atom stereocenters. The van der Waals surface area contributed by atoms with Crippen LogP contribution in [0.1, 0.15) is 5.82 Å². The van der Waals surface area contributed by atoms with Gasteiger partial charge in [0.1, 0.15) is 16.4 Å². The molecule has 0 radical (unpaired) electrons. The molecule has 0 aliphatic heterocycles. The van der Waals surface area contributed by atoms with Gasteiger partial charge >= 0.3 is 0 Å². The Morgan fingerprint density at radius 1 is 1.21 bits per heavy atom. The van der Waals surface area contributed by atoms with Crippen LogP contribution in [0, 0.1) is 0 Å². The number of nitrogens with one attached hydrogen (secondary N) is 1. The molecule has 29 heavy (non-hydrogen) atoms. The summed E-state index contributed by atoms with van der Waals surface area (Å²) in [5.74, 6) is 2.03. The van der Waals surface area contributed by atoms with Crippen LogP contribution < -0.4 is 5.56 Å². The fourth-order valence-corrected chi connectivity index (χ4v) is 4.79. The molecule has 0 atom stereocenters. The second-order valence-electron chi connectivity index (χ2n) is 5.99. The van der Waals surface area contributed by atoms with Crippen LogP contribution in [0.3, 0.4) is 0 Å². The molecule has 0 aliphatic carbocycles. The quantitative estimate of drug-likeness (QED) is 0.334. The fourth-order valence-electron chi connectivity index (χ4n) is 2.81. The van der Waals surface area contributed by atoms with Crippen molar-refractivity contribution in [2.45, 2.75) is 11.0 Å². The summed E-state index contributed by atoms with van der Waals surface area (Å²) in [6.07, 6.45) is 1.58. The van der Waals surface area contributed by atoms with Gasteiger partial charge in [-0.2, -0.15) is 0 Å². The fraction of sp³-hybridized carbons (Fsp3) is 0.0526. The maximum absolute atomic E-state index is 12.6. The molecule has 4 aromatic heterocycles. The topological polar surface area (TPSA) is 97.8 Å². The summed E-state index contributed by atoms with van der Waals surface area (Å²) < 4.78 is 12.1. The van der Waals surface area contributed by atoms with Gasteiger partial charge in [0.2, 0.25) is 5.89 Å². The van der Waals surface area contributed by atoms with Crippen molar-refractivity contribution in [3.8, 4) is 22.8 Å². The van der Waals surface area contributed by atoms with E-state index in [-0.39, 0.29) is 5.56 Å². The van der Waals surface area contributed by atoms with Gasteiger partial charge in [-0.3, -0.25) is 4.79 Å². The number of aromatic nitrogens is 4. The molecular weight excluding hydrogens is 476 g/mol. The van der Waals surface area contributed by atoms with Crippen LogP contribution in [0.5, 0.6) is 0 Å². The van der Waals surface area contributed by atoms with Gasteiger partial charge in [0, 0.05) is 21.0 Å². The third-order valence-electron chi connectivity index (χ3n) is 4.09. The molecule has 0 fully saturated rings. The first-order valence-corrected chi connectivity index (χ1v) is 11.1. The van der Waals surface area contributed by atoms with Crippen molar-refractivity contribution in [1.29, 1.82) is 0 Å². The normalized spacial score (nSPS) is 11.3. The summed E-state index contributed by atoms with van der Waals surface area (Å²) in [5.41, 5.74) is 1.38. The van der Waals surface area contributed by atoms with Gasteiger partial charge in [-0.15, -0.1) is 21.5 Å². The zero-order valence-corrected chi connectivity index (χ0v) is 17.8. The lowest BCUT2D eigenvalue weighted by atomic mass is 10.2. The zero-order valence-electron chi connectivity index (χ0n) is 14.6. The number of nitrogens with zero attached hydrogens (tertiary/aromatic N) is 3. The Morgan fingerprint density at radius 2 is 2.14 bits per heavy atom. The lowest BCUT2D eigenvalue weighted by molar-refractivity contribution is 0.465. The smallest absolute Gasteiger partial charge is 0.277 e. The monoisotopic (exact) mass is 486 g/mol. The van der Waals surface area contributed by atoms with Crippen LogP contribution in [-0.4, -0.2) is 20.2 Å². The van der Waals surface area contributed by atoms with Crippen LogP contribution in [0.2, 0.25) is 0 Å². The molecule has 0 bridgehead atoms. The van der Waals surface area contributed by atoms with Crippen LogP contribution in [0.15, 0.2) is 71.4 Å². The second-order valence-corrected chi connectivity index (χ2v) is 8.69. The summed E-state index contributed by atoms with van der Waals surface area (Å²) in [4.78, 5) is 20.7. The first-order valence-electron chi connectivity index (χ1n) is 8.44. The van der Waals surface area contributed by atoms with Crippen LogP contribution in [0.4, 0.5) is 0 Å². The average molecular weight is 487 g/mol. The van der Waals surface area contributed by atoms with E-state index in [1.807, 2.05) is 35.7 Å². The van der Waals surface area contributed by atoms with Crippen molar-refractivity contribution in [2.75, 3.05) is 0 Å². The minimum atomic E-state index is -0.196. The van der Waals surface area contributed by atoms with Gasteiger partial charge in [0.25, 0.3) is 10.8 Å². The number of benzene rings is 1. The third-order valence-corrected chi connectivity index (χ3v) is 6.29. The van der Waals surface area contributed by atoms with Gasteiger partial charge in [0.15, 0.2) is 0 Å². The van der Waals surface area contributed by atoms with Gasteiger partial charge in [-0.25, -0.2) is 4.98 Å². The highest BCUT2D eigenvalue weighted by Gasteiger charge is 2.16. The standard InChI is InChI=1S/C19H11BrN4O3S2/c20-11-4-1-3-10(7-11)17-23-24-19(27-17)29-9-14-21-16(25)15-12(8-28-18(15)22-14)13-5-2-6-26-13/h1-8H,9H2,(H,21,22,25). The Kier molecular flexibility index (Phi) is 4.82. The lowest BCUT2D eigenvalue weighted by Crippen LogP contribution is -2.10. The minimum Gasteiger partial charge on any atom is -0.464 e. The van der Waals surface area contributed by atoms with Crippen molar-refractivity contribution < 1.29 is 8.83 Å². The number of H-pyrrole nitrogens is 1. The number of aromatic amines is 1. The number of thioether (sulfide) groups is 1. The van der Waals surface area contributed by atoms with E-state index in [9.17, 15) is 4.79 Å². The number of rotatable bonds is 5. The maximum atomic E-state index is 12.6. The van der Waals surface area contributed by atoms with Gasteiger partial charge < -0.3 is 13.8 Å². The van der Waals surface area contributed by atoms with Gasteiger partial charge in [0.05, 0.1) is 17.4 Å². The van der Waals surface area contributed by atoms with E-state index in [1.165, 1.54) is 23.1 Å². The number of fused-ring (bicyclic) bond motifs is 1. The van der Waals surface area contributed by atoms with Gasteiger partial charge in [-0.1, -0.05) is 33.8 Å². The Bertz CT molecular complexity index is 1360. The number of halogens is 1. The van der Waals surface area contributed by atoms with Crippen molar-refractivity contribution in [3.05, 3.63) is 68.7 Å². The molecular formula is C19H11BrN4O3S2. The summed E-state index contributed by atoms with van der Waals surface area (Å²) in [6.45, 7) is 0. The predicted octanol–water partition coefficient (Wildman–Crippen LogP) is 5.35. The lowest BCUT2D eigenvalue weighted by Gasteiger charge is -1.99. The van der Waals surface area contributed by atoms with Crippen molar-refractivity contribution >= 4 is 49.2 Å². The molecule has 5 rings (SSSR count). The first kappa shape index (κ1) is 18.3. The number of thiophene rings is 1. The van der Waals surface area contributed by atoms with Crippen LogP contribution >= 0.6 is 39.0 Å². The first-order chi connectivity index (χ1) is 14.2. The Balaban J connectivity index is 1.37. The molecule has 4 heterocycles. The number of hydrogen-bond acceptors (Lipinski definition) is 8. The Morgan fingerprint density at radius 3 is 2.97 bits per heavy atom.